The van der Waals surface area contributed by atoms with E-state index in [1.165, 1.54) is 4.90 Å². The van der Waals surface area contributed by atoms with Crippen LogP contribution in [0, 0.1) is 0 Å². The molecule has 5 heterocycles. The second-order valence-corrected chi connectivity index (χ2v) is 9.39. The predicted octanol–water partition coefficient (Wildman–Crippen LogP) is 1.53. The number of benzene rings is 1. The summed E-state index contributed by atoms with van der Waals surface area (Å²) in [6.45, 7) is 5.36. The molecule has 2 spiro atoms. The Labute approximate surface area is 204 Å². The third kappa shape index (κ3) is 3.92. The van der Waals surface area contributed by atoms with Gasteiger partial charge in [-0.3, -0.25) is 9.80 Å². The van der Waals surface area contributed by atoms with Crippen molar-refractivity contribution in [1.29, 1.82) is 0 Å². The van der Waals surface area contributed by atoms with Crippen LogP contribution in [0.4, 0.5) is 4.79 Å². The number of ether oxygens (including phenoxy) is 4. The zero-order valence-electron chi connectivity index (χ0n) is 20.1. The highest BCUT2D eigenvalue weighted by Crippen LogP contribution is 2.37. The summed E-state index contributed by atoms with van der Waals surface area (Å²) in [6, 6.07) is 7.40. The molecule has 3 saturated heterocycles. The van der Waals surface area contributed by atoms with Gasteiger partial charge in [0, 0.05) is 58.6 Å². The fourth-order valence-corrected chi connectivity index (χ4v) is 5.15. The maximum atomic E-state index is 12.3. The van der Waals surface area contributed by atoms with Crippen molar-refractivity contribution in [3.8, 4) is 5.75 Å². The third-order valence-corrected chi connectivity index (χ3v) is 7.38. The molecule has 3 fully saturated rings. The Bertz CT molecular complexity index is 1080. The standard InChI is InChI=1S/C24H30N6O5/c1-28-22(31)26-21-19(24(28)9-13-35-24)25-20(27-29(21)2)17-3-5-18(6-4-17)32-14-12-30-10-7-23(8-11-30)33-15-16-34-23/h3-6H,7-16H2,1-2H3. The van der Waals surface area contributed by atoms with Gasteiger partial charge in [0.1, 0.15) is 18.1 Å². The van der Waals surface area contributed by atoms with Gasteiger partial charge in [0.05, 0.1) is 19.8 Å². The maximum absolute atomic E-state index is 12.3. The number of carbonyl (C=O) groups excluding carboxylic acids is 1. The van der Waals surface area contributed by atoms with E-state index in [9.17, 15) is 4.79 Å². The molecule has 1 aromatic carbocycles. The Morgan fingerprint density at radius 3 is 2.34 bits per heavy atom. The van der Waals surface area contributed by atoms with Gasteiger partial charge in [-0.05, 0) is 24.3 Å². The first-order valence-corrected chi connectivity index (χ1v) is 12.1. The number of fused-ring (bicyclic) bond motifs is 2. The zero-order valence-corrected chi connectivity index (χ0v) is 20.1. The van der Waals surface area contributed by atoms with Gasteiger partial charge in [-0.2, -0.15) is 10.1 Å². The van der Waals surface area contributed by atoms with Crippen LogP contribution in [-0.4, -0.2) is 110 Å². The summed E-state index contributed by atoms with van der Waals surface area (Å²) in [5.41, 5.74) is 0.606. The number of hydrogen-bond acceptors (Lipinski definition) is 9. The van der Waals surface area contributed by atoms with Crippen LogP contribution in [-0.2, 0) is 14.2 Å². The lowest BCUT2D eigenvalue weighted by Gasteiger charge is -2.50. The Morgan fingerprint density at radius 2 is 1.69 bits per heavy atom. The highest BCUT2D eigenvalue weighted by atomic mass is 16.7. The summed E-state index contributed by atoms with van der Waals surface area (Å²) in [7, 11) is 3.46. The quantitative estimate of drug-likeness (QED) is 0.627. The first-order chi connectivity index (χ1) is 17.0. The first kappa shape index (κ1) is 22.6. The summed E-state index contributed by atoms with van der Waals surface area (Å²) in [4.78, 5) is 25.2. The van der Waals surface area contributed by atoms with E-state index in [4.69, 9.17) is 23.9 Å². The molecule has 0 radical (unpaired) electrons. The number of piperidine rings is 1. The van der Waals surface area contributed by atoms with E-state index in [-0.39, 0.29) is 11.8 Å². The van der Waals surface area contributed by atoms with Crippen LogP contribution < -0.4 is 4.74 Å². The Kier molecular flexibility index (Phi) is 5.59. The lowest BCUT2D eigenvalue weighted by molar-refractivity contribution is -0.185. The molecule has 0 N–H and O–H groups in total. The largest absolute Gasteiger partial charge is 0.492 e. The second kappa shape index (κ2) is 8.66. The number of nitrogens with zero attached hydrogens (tertiary/aromatic N) is 6. The van der Waals surface area contributed by atoms with Crippen molar-refractivity contribution in [2.24, 2.45) is 15.1 Å². The number of hydrazone groups is 1. The van der Waals surface area contributed by atoms with Crippen LogP contribution in [0.5, 0.6) is 5.75 Å². The molecule has 11 heteroatoms. The molecule has 5 aliphatic rings. The summed E-state index contributed by atoms with van der Waals surface area (Å²) < 4.78 is 23.4. The average Bonchev–Trinajstić information content (AvgIpc) is 3.29. The lowest BCUT2D eigenvalue weighted by atomic mass is 9.94. The van der Waals surface area contributed by atoms with E-state index in [2.05, 4.69) is 15.0 Å². The number of aliphatic imine (C=N–C) groups is 2. The number of likely N-dealkylation sites (tertiary alicyclic amines) is 1. The number of rotatable bonds is 5. The van der Waals surface area contributed by atoms with E-state index in [1.54, 1.807) is 19.1 Å². The van der Waals surface area contributed by atoms with Gasteiger partial charge in [-0.15, -0.1) is 0 Å². The number of amidine groups is 2. The topological polar surface area (TPSA) is 101 Å². The lowest BCUT2D eigenvalue weighted by Crippen LogP contribution is -2.69. The SMILES string of the molecule is CN1N=C(c2ccc(OCCN3CCC4(CC3)OCCO4)cc2)N=C2C1=NC(=O)N(C)C21CCO1. The predicted molar refractivity (Wildman–Crippen MR) is 128 cm³/mol. The monoisotopic (exact) mass is 482 g/mol. The van der Waals surface area contributed by atoms with Gasteiger partial charge in [-0.1, -0.05) is 0 Å². The fraction of sp³-hybridized carbons (Fsp3) is 0.583. The van der Waals surface area contributed by atoms with Gasteiger partial charge < -0.3 is 18.9 Å². The molecule has 5 aliphatic heterocycles. The number of hydrogen-bond donors (Lipinski definition) is 0. The maximum Gasteiger partial charge on any atom is 0.347 e. The molecule has 0 saturated carbocycles. The van der Waals surface area contributed by atoms with Gasteiger partial charge in [-0.25, -0.2) is 14.8 Å². The van der Waals surface area contributed by atoms with E-state index in [1.807, 2.05) is 24.3 Å². The molecule has 1 unspecified atom stereocenters. The van der Waals surface area contributed by atoms with Crippen molar-refractivity contribution in [2.75, 3.05) is 60.2 Å². The normalized spacial score (nSPS) is 27.9. The van der Waals surface area contributed by atoms with Crippen LogP contribution in [0.15, 0.2) is 39.4 Å². The van der Waals surface area contributed by atoms with Crippen LogP contribution in [0.1, 0.15) is 24.8 Å². The molecule has 11 nitrogen and oxygen atoms in total. The molecule has 0 aromatic heterocycles. The number of amides is 2. The summed E-state index contributed by atoms with van der Waals surface area (Å²) in [5, 5.41) is 6.14. The van der Waals surface area contributed by atoms with Crippen molar-refractivity contribution < 1.29 is 23.7 Å². The Morgan fingerprint density at radius 1 is 0.971 bits per heavy atom. The van der Waals surface area contributed by atoms with E-state index < -0.39 is 5.72 Å². The molecule has 1 aromatic rings. The highest BCUT2D eigenvalue weighted by molar-refractivity contribution is 6.49. The van der Waals surface area contributed by atoms with Crippen LogP contribution in [0.25, 0.3) is 0 Å². The Balaban J connectivity index is 1.08. The zero-order chi connectivity index (χ0) is 24.0. The minimum atomic E-state index is -0.864. The summed E-state index contributed by atoms with van der Waals surface area (Å²) in [5.74, 6) is 1.44. The van der Waals surface area contributed by atoms with E-state index in [0.717, 1.165) is 43.8 Å². The molecule has 2 amide bonds. The van der Waals surface area contributed by atoms with Crippen molar-refractivity contribution in [2.45, 2.75) is 30.8 Å². The first-order valence-electron chi connectivity index (χ1n) is 12.1. The third-order valence-electron chi connectivity index (χ3n) is 7.38. The van der Waals surface area contributed by atoms with Gasteiger partial charge in [0.2, 0.25) is 0 Å². The number of carbonyl (C=O) groups is 1. The molecular formula is C24H30N6O5. The molecule has 6 rings (SSSR count). The van der Waals surface area contributed by atoms with Crippen LogP contribution >= 0.6 is 0 Å². The smallest absolute Gasteiger partial charge is 0.347 e. The van der Waals surface area contributed by atoms with Gasteiger partial charge in [0.15, 0.2) is 23.2 Å². The molecule has 0 aliphatic carbocycles. The van der Waals surface area contributed by atoms with Crippen molar-refractivity contribution >= 4 is 23.4 Å². The van der Waals surface area contributed by atoms with Crippen LogP contribution in [0.2, 0.25) is 0 Å². The van der Waals surface area contributed by atoms with Crippen molar-refractivity contribution in [1.82, 2.24) is 14.8 Å². The molecule has 35 heavy (non-hydrogen) atoms. The van der Waals surface area contributed by atoms with Gasteiger partial charge >= 0.3 is 6.03 Å². The summed E-state index contributed by atoms with van der Waals surface area (Å²) in [6.07, 6.45) is 2.49. The molecule has 1 atom stereocenters. The summed E-state index contributed by atoms with van der Waals surface area (Å²) >= 11 is 0. The van der Waals surface area contributed by atoms with Crippen molar-refractivity contribution in [3.63, 3.8) is 0 Å². The van der Waals surface area contributed by atoms with Crippen LogP contribution in [0.3, 0.4) is 0 Å². The molecule has 186 valence electrons. The highest BCUT2D eigenvalue weighted by Gasteiger charge is 2.55. The van der Waals surface area contributed by atoms with Gasteiger partial charge in [0.25, 0.3) is 0 Å². The molecular weight excluding hydrogens is 452 g/mol. The number of urea groups is 1. The van der Waals surface area contributed by atoms with E-state index in [0.29, 0.717) is 50.2 Å². The van der Waals surface area contributed by atoms with Crippen molar-refractivity contribution in [3.05, 3.63) is 29.8 Å². The Hall–Kier alpha value is -2.86. The minimum absolute atomic E-state index is 0.341. The molecule has 0 bridgehead atoms. The van der Waals surface area contributed by atoms with E-state index >= 15 is 0 Å². The minimum Gasteiger partial charge on any atom is -0.492 e. The average molecular weight is 483 g/mol. The second-order valence-electron chi connectivity index (χ2n) is 9.39. The fourth-order valence-electron chi connectivity index (χ4n) is 5.15.